The smallest absolute Gasteiger partial charge is 0.264 e. The molecule has 1 aliphatic rings. The number of nitrogens with zero attached hydrogens (tertiary/aromatic N) is 1. The SMILES string of the molecule is C=CCN(C(=O)c1ccc(-c2ccccc2F)s1)[C@H]1CCS(=O)(=O)C1. The average molecular weight is 379 g/mol. The van der Waals surface area contributed by atoms with Gasteiger partial charge in [-0.2, -0.15) is 0 Å². The number of carbonyl (C=O) groups is 1. The summed E-state index contributed by atoms with van der Waals surface area (Å²) in [6.07, 6.45) is 2.03. The quantitative estimate of drug-likeness (QED) is 0.749. The van der Waals surface area contributed by atoms with E-state index >= 15 is 0 Å². The number of sulfone groups is 1. The maximum absolute atomic E-state index is 13.9. The van der Waals surface area contributed by atoms with Crippen LogP contribution in [0, 0.1) is 5.82 Å². The van der Waals surface area contributed by atoms with Crippen LogP contribution in [0.2, 0.25) is 0 Å². The van der Waals surface area contributed by atoms with Crippen LogP contribution in [-0.2, 0) is 9.84 Å². The molecule has 2 heterocycles. The van der Waals surface area contributed by atoms with Gasteiger partial charge in [0, 0.05) is 23.0 Å². The normalized spacial score (nSPS) is 18.8. The predicted octanol–water partition coefficient (Wildman–Crippen LogP) is 3.37. The number of halogens is 1. The molecule has 132 valence electrons. The maximum Gasteiger partial charge on any atom is 0.264 e. The molecule has 7 heteroatoms. The zero-order chi connectivity index (χ0) is 18.0. The molecule has 0 aliphatic carbocycles. The summed E-state index contributed by atoms with van der Waals surface area (Å²) in [6, 6.07) is 9.44. The number of amides is 1. The fraction of sp³-hybridized carbons (Fsp3) is 0.278. The van der Waals surface area contributed by atoms with Crippen LogP contribution in [0.3, 0.4) is 0 Å². The highest BCUT2D eigenvalue weighted by molar-refractivity contribution is 7.91. The maximum atomic E-state index is 13.9. The van der Waals surface area contributed by atoms with Gasteiger partial charge in [0.05, 0.1) is 16.4 Å². The first-order chi connectivity index (χ1) is 11.9. The van der Waals surface area contributed by atoms with E-state index in [2.05, 4.69) is 6.58 Å². The third-order valence-corrected chi connectivity index (χ3v) is 7.05. The minimum atomic E-state index is -3.09. The first kappa shape index (κ1) is 17.8. The lowest BCUT2D eigenvalue weighted by atomic mass is 10.2. The molecule has 1 aromatic carbocycles. The Kier molecular flexibility index (Phi) is 5.06. The Hall–Kier alpha value is -1.99. The van der Waals surface area contributed by atoms with Crippen molar-refractivity contribution in [1.82, 2.24) is 4.90 Å². The summed E-state index contributed by atoms with van der Waals surface area (Å²) in [4.78, 5) is 15.5. The zero-order valence-corrected chi connectivity index (χ0v) is 15.2. The Morgan fingerprint density at radius 3 is 2.72 bits per heavy atom. The molecule has 1 fully saturated rings. The minimum absolute atomic E-state index is 0.0157. The van der Waals surface area contributed by atoms with Crippen molar-refractivity contribution in [2.24, 2.45) is 0 Å². The van der Waals surface area contributed by atoms with Crippen molar-refractivity contribution >= 4 is 27.1 Å². The van der Waals surface area contributed by atoms with E-state index in [-0.39, 0.29) is 35.8 Å². The molecular formula is C18H18FNO3S2. The third kappa shape index (κ3) is 3.82. The molecule has 0 spiro atoms. The Bertz CT molecular complexity index is 905. The van der Waals surface area contributed by atoms with Gasteiger partial charge < -0.3 is 4.90 Å². The predicted molar refractivity (Wildman–Crippen MR) is 98.0 cm³/mol. The van der Waals surface area contributed by atoms with Crippen molar-refractivity contribution in [3.05, 3.63) is 59.7 Å². The van der Waals surface area contributed by atoms with E-state index < -0.39 is 9.84 Å². The molecule has 1 saturated heterocycles. The van der Waals surface area contributed by atoms with Crippen LogP contribution in [0.25, 0.3) is 10.4 Å². The number of rotatable bonds is 5. The Balaban J connectivity index is 1.86. The highest BCUT2D eigenvalue weighted by Crippen LogP contribution is 2.31. The van der Waals surface area contributed by atoms with Gasteiger partial charge in [-0.1, -0.05) is 24.3 Å². The molecule has 1 aromatic heterocycles. The molecule has 25 heavy (non-hydrogen) atoms. The van der Waals surface area contributed by atoms with Crippen LogP contribution in [0.15, 0.2) is 49.1 Å². The second-order valence-corrected chi connectivity index (χ2v) is 9.26. The van der Waals surface area contributed by atoms with Crippen LogP contribution >= 0.6 is 11.3 Å². The number of hydrogen-bond acceptors (Lipinski definition) is 4. The lowest BCUT2D eigenvalue weighted by molar-refractivity contribution is 0.0725. The van der Waals surface area contributed by atoms with Crippen molar-refractivity contribution in [2.45, 2.75) is 12.5 Å². The van der Waals surface area contributed by atoms with Gasteiger partial charge in [-0.3, -0.25) is 4.79 Å². The summed E-state index contributed by atoms with van der Waals surface area (Å²) in [6.45, 7) is 3.94. The average Bonchev–Trinajstić information content (AvgIpc) is 3.19. The van der Waals surface area contributed by atoms with Crippen molar-refractivity contribution in [3.63, 3.8) is 0 Å². The van der Waals surface area contributed by atoms with E-state index in [9.17, 15) is 17.6 Å². The summed E-state index contributed by atoms with van der Waals surface area (Å²) in [5.74, 6) is -0.496. The summed E-state index contributed by atoms with van der Waals surface area (Å²) in [5.41, 5.74) is 0.449. The Labute approximate surface area is 150 Å². The van der Waals surface area contributed by atoms with Gasteiger partial charge in [0.15, 0.2) is 9.84 Å². The Morgan fingerprint density at radius 2 is 2.08 bits per heavy atom. The summed E-state index contributed by atoms with van der Waals surface area (Å²) in [7, 11) is -3.09. The van der Waals surface area contributed by atoms with Crippen molar-refractivity contribution in [2.75, 3.05) is 18.1 Å². The topological polar surface area (TPSA) is 54.5 Å². The molecule has 1 aliphatic heterocycles. The number of hydrogen-bond donors (Lipinski definition) is 0. The molecule has 0 unspecified atom stereocenters. The third-order valence-electron chi connectivity index (χ3n) is 4.19. The number of carbonyl (C=O) groups excluding carboxylic acids is 1. The van der Waals surface area contributed by atoms with Gasteiger partial charge in [-0.05, 0) is 24.6 Å². The van der Waals surface area contributed by atoms with Gasteiger partial charge in [-0.25, -0.2) is 12.8 Å². The van der Waals surface area contributed by atoms with E-state index in [1.807, 2.05) is 0 Å². The van der Waals surface area contributed by atoms with Crippen LogP contribution in [-0.4, -0.2) is 43.3 Å². The molecule has 0 N–H and O–H groups in total. The summed E-state index contributed by atoms with van der Waals surface area (Å²) < 4.78 is 37.4. The van der Waals surface area contributed by atoms with Gasteiger partial charge >= 0.3 is 0 Å². The van der Waals surface area contributed by atoms with Gasteiger partial charge in [0.2, 0.25) is 0 Å². The van der Waals surface area contributed by atoms with Crippen molar-refractivity contribution in [1.29, 1.82) is 0 Å². The molecule has 1 amide bonds. The molecular weight excluding hydrogens is 361 g/mol. The molecule has 3 rings (SSSR count). The first-order valence-corrected chi connectivity index (χ1v) is 10.5. The van der Waals surface area contributed by atoms with Gasteiger partial charge in [-0.15, -0.1) is 17.9 Å². The lowest BCUT2D eigenvalue weighted by Gasteiger charge is -2.26. The molecule has 1 atom stereocenters. The van der Waals surface area contributed by atoms with Gasteiger partial charge in [0.1, 0.15) is 5.82 Å². The standard InChI is InChI=1S/C18H18FNO3S2/c1-2-10-20(13-9-11-25(22,23)12-13)18(21)17-8-7-16(24-17)14-5-3-4-6-15(14)19/h2-8,13H,1,9-12H2/t13-/m0/s1. The highest BCUT2D eigenvalue weighted by atomic mass is 32.2. The summed E-state index contributed by atoms with van der Waals surface area (Å²) in [5, 5.41) is 0. The van der Waals surface area contributed by atoms with E-state index in [1.54, 1.807) is 41.3 Å². The monoisotopic (exact) mass is 379 g/mol. The van der Waals surface area contributed by atoms with E-state index in [1.165, 1.54) is 17.4 Å². The van der Waals surface area contributed by atoms with Crippen molar-refractivity contribution in [3.8, 4) is 10.4 Å². The van der Waals surface area contributed by atoms with Crippen molar-refractivity contribution < 1.29 is 17.6 Å². The van der Waals surface area contributed by atoms with Crippen LogP contribution in [0.1, 0.15) is 16.1 Å². The highest BCUT2D eigenvalue weighted by Gasteiger charge is 2.34. The van der Waals surface area contributed by atoms with E-state index in [4.69, 9.17) is 0 Å². The molecule has 2 aromatic rings. The fourth-order valence-electron chi connectivity index (χ4n) is 2.96. The molecule has 0 saturated carbocycles. The summed E-state index contributed by atoms with van der Waals surface area (Å²) >= 11 is 1.21. The second kappa shape index (κ2) is 7.09. The Morgan fingerprint density at radius 1 is 1.32 bits per heavy atom. The number of benzene rings is 1. The van der Waals surface area contributed by atoms with E-state index in [0.29, 0.717) is 21.7 Å². The first-order valence-electron chi connectivity index (χ1n) is 7.88. The minimum Gasteiger partial charge on any atom is -0.330 e. The zero-order valence-electron chi connectivity index (χ0n) is 13.5. The lowest BCUT2D eigenvalue weighted by Crippen LogP contribution is -2.40. The van der Waals surface area contributed by atoms with Crippen LogP contribution in [0.5, 0.6) is 0 Å². The van der Waals surface area contributed by atoms with Crippen LogP contribution in [0.4, 0.5) is 4.39 Å². The number of thiophene rings is 1. The van der Waals surface area contributed by atoms with Gasteiger partial charge in [0.25, 0.3) is 5.91 Å². The molecule has 4 nitrogen and oxygen atoms in total. The molecule has 0 radical (unpaired) electrons. The second-order valence-electron chi connectivity index (χ2n) is 5.95. The van der Waals surface area contributed by atoms with Crippen LogP contribution < -0.4 is 0 Å². The molecule has 0 bridgehead atoms. The van der Waals surface area contributed by atoms with E-state index in [0.717, 1.165) is 0 Å². The fourth-order valence-corrected chi connectivity index (χ4v) is 5.68. The largest absolute Gasteiger partial charge is 0.330 e.